The number of fused-ring (bicyclic) bond motifs is 2. The van der Waals surface area contributed by atoms with E-state index in [0.717, 1.165) is 63.4 Å². The first kappa shape index (κ1) is 27.2. The highest BCUT2D eigenvalue weighted by Crippen LogP contribution is 2.35. The van der Waals surface area contributed by atoms with Crippen molar-refractivity contribution in [2.75, 3.05) is 32.8 Å². The summed E-state index contributed by atoms with van der Waals surface area (Å²) in [7, 11) is -3.76. The standard InChI is InChI=1S/C31H38N4O4S/c1-23-7-10-26(11-8-23)40(37,38)35-15-14-34-13-3-6-29(34)30(35)21-31(36)32-28-5-2-4-25-20-24(9-12-27(25)28)22-33-16-18-39-19-17-33/h3,6-13,20,28,30H,2,4-5,14-19,21-22H2,1H3,(H,32,36). The van der Waals surface area contributed by atoms with Crippen molar-refractivity contribution in [3.8, 4) is 0 Å². The number of morpholine rings is 1. The first-order valence-electron chi connectivity index (χ1n) is 14.3. The third-order valence-corrected chi connectivity index (χ3v) is 10.4. The van der Waals surface area contributed by atoms with Gasteiger partial charge in [0.25, 0.3) is 0 Å². The lowest BCUT2D eigenvalue weighted by atomic mass is 9.86. The smallest absolute Gasteiger partial charge is 0.243 e. The molecule has 9 heteroatoms. The highest BCUT2D eigenvalue weighted by molar-refractivity contribution is 7.89. The van der Waals surface area contributed by atoms with Crippen molar-refractivity contribution in [3.63, 3.8) is 0 Å². The minimum absolute atomic E-state index is 0.0637. The first-order chi connectivity index (χ1) is 19.4. The van der Waals surface area contributed by atoms with Crippen LogP contribution >= 0.6 is 0 Å². The summed E-state index contributed by atoms with van der Waals surface area (Å²) in [4.78, 5) is 16.2. The third-order valence-electron chi connectivity index (χ3n) is 8.49. The molecule has 1 N–H and O–H groups in total. The quantitative estimate of drug-likeness (QED) is 0.472. The number of carbonyl (C=O) groups excluding carboxylic acids is 1. The van der Waals surface area contributed by atoms with Gasteiger partial charge in [0.15, 0.2) is 0 Å². The fourth-order valence-electron chi connectivity index (χ4n) is 6.35. The number of nitrogens with zero attached hydrogens (tertiary/aromatic N) is 3. The number of nitrogens with one attached hydrogen (secondary N) is 1. The van der Waals surface area contributed by atoms with Crippen LogP contribution in [0.5, 0.6) is 0 Å². The Hall–Kier alpha value is -2.98. The Morgan fingerprint density at radius 2 is 1.82 bits per heavy atom. The van der Waals surface area contributed by atoms with Gasteiger partial charge in [-0.25, -0.2) is 8.42 Å². The van der Waals surface area contributed by atoms with Crippen LogP contribution in [-0.2, 0) is 39.1 Å². The zero-order chi connectivity index (χ0) is 27.7. The molecule has 6 rings (SSSR count). The Balaban J connectivity index is 1.19. The van der Waals surface area contributed by atoms with E-state index in [4.69, 9.17) is 4.74 Å². The van der Waals surface area contributed by atoms with Crippen molar-refractivity contribution in [3.05, 3.63) is 88.7 Å². The summed E-state index contributed by atoms with van der Waals surface area (Å²) in [5, 5.41) is 3.27. The largest absolute Gasteiger partial charge is 0.379 e. The van der Waals surface area contributed by atoms with Gasteiger partial charge < -0.3 is 14.6 Å². The van der Waals surface area contributed by atoms with E-state index in [0.29, 0.717) is 13.1 Å². The zero-order valence-electron chi connectivity index (χ0n) is 23.1. The van der Waals surface area contributed by atoms with Crippen LogP contribution in [0.15, 0.2) is 65.7 Å². The van der Waals surface area contributed by atoms with E-state index in [1.165, 1.54) is 21.0 Å². The number of aryl methyl sites for hydroxylation is 2. The minimum Gasteiger partial charge on any atom is -0.379 e. The molecule has 3 heterocycles. The van der Waals surface area contributed by atoms with E-state index in [-0.39, 0.29) is 23.3 Å². The molecule has 2 aliphatic heterocycles. The molecule has 1 saturated heterocycles. The maximum Gasteiger partial charge on any atom is 0.243 e. The molecule has 0 saturated carbocycles. The summed E-state index contributed by atoms with van der Waals surface area (Å²) in [6, 6.07) is 16.8. The Morgan fingerprint density at radius 1 is 1.02 bits per heavy atom. The van der Waals surface area contributed by atoms with Gasteiger partial charge >= 0.3 is 0 Å². The molecule has 0 bridgehead atoms. The number of benzene rings is 2. The summed E-state index contributed by atoms with van der Waals surface area (Å²) in [6.45, 7) is 7.23. The number of hydrogen-bond acceptors (Lipinski definition) is 5. The van der Waals surface area contributed by atoms with E-state index in [2.05, 4.69) is 33.0 Å². The summed E-state index contributed by atoms with van der Waals surface area (Å²) < 4.78 is 36.5. The molecule has 1 aromatic heterocycles. The van der Waals surface area contributed by atoms with Crippen molar-refractivity contribution in [1.29, 1.82) is 0 Å². The summed E-state index contributed by atoms with van der Waals surface area (Å²) in [5.74, 6) is -0.126. The van der Waals surface area contributed by atoms with E-state index in [1.54, 1.807) is 12.1 Å². The van der Waals surface area contributed by atoms with Gasteiger partial charge in [-0.2, -0.15) is 4.31 Å². The molecule has 40 heavy (non-hydrogen) atoms. The number of amides is 1. The molecule has 212 valence electrons. The molecule has 0 radical (unpaired) electrons. The highest BCUT2D eigenvalue weighted by Gasteiger charge is 2.38. The number of sulfonamides is 1. The van der Waals surface area contributed by atoms with Crippen molar-refractivity contribution in [2.24, 2.45) is 0 Å². The lowest BCUT2D eigenvalue weighted by Gasteiger charge is -2.36. The summed E-state index contributed by atoms with van der Waals surface area (Å²) >= 11 is 0. The maximum atomic E-state index is 13.7. The highest BCUT2D eigenvalue weighted by atomic mass is 32.2. The Morgan fingerprint density at radius 3 is 2.62 bits per heavy atom. The monoisotopic (exact) mass is 562 g/mol. The predicted molar refractivity (Wildman–Crippen MR) is 153 cm³/mol. The van der Waals surface area contributed by atoms with Gasteiger partial charge in [0.2, 0.25) is 15.9 Å². The molecule has 2 unspecified atom stereocenters. The lowest BCUT2D eigenvalue weighted by Crippen LogP contribution is -2.44. The van der Waals surface area contributed by atoms with Crippen LogP contribution in [0.25, 0.3) is 0 Å². The summed E-state index contributed by atoms with van der Waals surface area (Å²) in [5.41, 5.74) is 5.64. The SMILES string of the molecule is Cc1ccc(S(=O)(=O)N2CCn3cccc3C2CC(=O)NC2CCCc3cc(CN4CCOCC4)ccc32)cc1. The van der Waals surface area contributed by atoms with Gasteiger partial charge in [-0.05, 0) is 67.1 Å². The molecule has 8 nitrogen and oxygen atoms in total. The van der Waals surface area contributed by atoms with E-state index >= 15 is 0 Å². The zero-order valence-corrected chi connectivity index (χ0v) is 23.9. The Kier molecular flexibility index (Phi) is 7.81. The van der Waals surface area contributed by atoms with Crippen molar-refractivity contribution >= 4 is 15.9 Å². The van der Waals surface area contributed by atoms with Crippen LogP contribution in [0.2, 0.25) is 0 Å². The fraction of sp³-hybridized carbons (Fsp3) is 0.452. The molecule has 2 aromatic carbocycles. The van der Waals surface area contributed by atoms with Crippen LogP contribution in [-0.4, -0.2) is 60.9 Å². The average Bonchev–Trinajstić information content (AvgIpc) is 3.44. The second-order valence-corrected chi connectivity index (χ2v) is 13.1. The maximum absolute atomic E-state index is 13.7. The van der Waals surface area contributed by atoms with Crippen LogP contribution in [0, 0.1) is 6.92 Å². The fourth-order valence-corrected chi connectivity index (χ4v) is 7.94. The van der Waals surface area contributed by atoms with Gasteiger partial charge in [0, 0.05) is 51.0 Å². The van der Waals surface area contributed by atoms with Gasteiger partial charge in [-0.15, -0.1) is 0 Å². The first-order valence-corrected chi connectivity index (χ1v) is 15.8. The second-order valence-electron chi connectivity index (χ2n) is 11.2. The number of aromatic nitrogens is 1. The van der Waals surface area contributed by atoms with Crippen molar-refractivity contribution in [1.82, 2.24) is 19.1 Å². The van der Waals surface area contributed by atoms with Gasteiger partial charge in [0.05, 0.1) is 30.2 Å². The van der Waals surface area contributed by atoms with E-state index in [1.807, 2.05) is 37.4 Å². The molecule has 2 atom stereocenters. The van der Waals surface area contributed by atoms with Gasteiger partial charge in [-0.3, -0.25) is 9.69 Å². The van der Waals surface area contributed by atoms with Gasteiger partial charge in [-0.1, -0.05) is 35.9 Å². The average molecular weight is 563 g/mol. The molecular formula is C31H38N4O4S. The molecular weight excluding hydrogens is 524 g/mol. The topological polar surface area (TPSA) is 83.9 Å². The van der Waals surface area contributed by atoms with E-state index in [9.17, 15) is 13.2 Å². The number of carbonyl (C=O) groups is 1. The predicted octanol–water partition coefficient (Wildman–Crippen LogP) is 3.96. The van der Waals surface area contributed by atoms with Gasteiger partial charge in [0.1, 0.15) is 0 Å². The van der Waals surface area contributed by atoms with E-state index < -0.39 is 16.1 Å². The Labute approximate surface area is 237 Å². The molecule has 3 aromatic rings. The summed E-state index contributed by atoms with van der Waals surface area (Å²) in [6.07, 6.45) is 4.95. The number of ether oxygens (including phenoxy) is 1. The van der Waals surface area contributed by atoms with Crippen molar-refractivity contribution < 1.29 is 17.9 Å². The molecule has 1 aliphatic carbocycles. The van der Waals surface area contributed by atoms with Crippen molar-refractivity contribution in [2.45, 2.75) is 62.7 Å². The van der Waals surface area contributed by atoms with Crippen LogP contribution in [0.3, 0.4) is 0 Å². The second kappa shape index (κ2) is 11.5. The lowest BCUT2D eigenvalue weighted by molar-refractivity contribution is -0.123. The third kappa shape index (κ3) is 5.61. The minimum atomic E-state index is -3.76. The number of rotatable bonds is 7. The van der Waals surface area contributed by atoms with Crippen LogP contribution < -0.4 is 5.32 Å². The Bertz CT molecular complexity index is 1460. The number of hydrogen-bond donors (Lipinski definition) is 1. The van der Waals surface area contributed by atoms with Crippen LogP contribution in [0.1, 0.15) is 59.3 Å². The molecule has 3 aliphatic rings. The molecule has 1 fully saturated rings. The molecule has 0 spiro atoms. The molecule has 1 amide bonds. The van der Waals surface area contributed by atoms with Crippen LogP contribution in [0.4, 0.5) is 0 Å². The normalized spacial score (nSPS) is 21.9.